The number of aliphatic hydroxyl groups is 1. The molecule has 0 aromatic heterocycles. The van der Waals surface area contributed by atoms with Gasteiger partial charge in [0.1, 0.15) is 11.6 Å². The molecular formula is C11H15F2NO. The molecule has 0 radical (unpaired) electrons. The summed E-state index contributed by atoms with van der Waals surface area (Å²) in [6.07, 6.45) is 0.763. The highest BCUT2D eigenvalue weighted by Crippen LogP contribution is 2.09. The molecule has 1 rings (SSSR count). The van der Waals surface area contributed by atoms with Gasteiger partial charge in [-0.05, 0) is 12.5 Å². The lowest BCUT2D eigenvalue weighted by Gasteiger charge is -2.14. The first-order valence-corrected chi connectivity index (χ1v) is 4.95. The van der Waals surface area contributed by atoms with Gasteiger partial charge in [-0.2, -0.15) is 0 Å². The van der Waals surface area contributed by atoms with Crippen LogP contribution >= 0.6 is 0 Å². The van der Waals surface area contributed by atoms with Crippen LogP contribution in [-0.4, -0.2) is 17.8 Å². The highest BCUT2D eigenvalue weighted by atomic mass is 19.1. The smallest absolute Gasteiger partial charge is 0.130 e. The summed E-state index contributed by atoms with van der Waals surface area (Å²) in [5.74, 6) is -1.14. The second-order valence-corrected chi connectivity index (χ2v) is 3.40. The molecule has 15 heavy (non-hydrogen) atoms. The second-order valence-electron chi connectivity index (χ2n) is 3.40. The average molecular weight is 215 g/mol. The fourth-order valence-corrected chi connectivity index (χ4v) is 1.26. The second kappa shape index (κ2) is 5.78. The Morgan fingerprint density at radius 2 is 2.13 bits per heavy atom. The first-order valence-electron chi connectivity index (χ1n) is 4.95. The maximum absolute atomic E-state index is 13.2. The highest BCUT2D eigenvalue weighted by molar-refractivity contribution is 5.18. The SMILES string of the molecule is CCC(CO)NCc1ccc(F)cc1F. The van der Waals surface area contributed by atoms with E-state index in [0.29, 0.717) is 12.1 Å². The fourth-order valence-electron chi connectivity index (χ4n) is 1.26. The van der Waals surface area contributed by atoms with Crippen molar-refractivity contribution in [1.29, 1.82) is 0 Å². The van der Waals surface area contributed by atoms with Crippen molar-refractivity contribution in [2.45, 2.75) is 25.9 Å². The van der Waals surface area contributed by atoms with Crippen LogP contribution in [0.1, 0.15) is 18.9 Å². The molecule has 1 unspecified atom stereocenters. The molecule has 2 nitrogen and oxygen atoms in total. The zero-order chi connectivity index (χ0) is 11.3. The molecule has 0 amide bonds. The number of benzene rings is 1. The van der Waals surface area contributed by atoms with E-state index in [2.05, 4.69) is 5.32 Å². The van der Waals surface area contributed by atoms with E-state index < -0.39 is 11.6 Å². The van der Waals surface area contributed by atoms with Crippen molar-refractivity contribution >= 4 is 0 Å². The van der Waals surface area contributed by atoms with Crippen LogP contribution in [0, 0.1) is 11.6 Å². The average Bonchev–Trinajstić information content (AvgIpc) is 2.22. The zero-order valence-corrected chi connectivity index (χ0v) is 8.63. The van der Waals surface area contributed by atoms with Crippen LogP contribution in [-0.2, 0) is 6.54 Å². The van der Waals surface area contributed by atoms with Gasteiger partial charge >= 0.3 is 0 Å². The lowest BCUT2D eigenvalue weighted by atomic mass is 10.2. The molecule has 0 spiro atoms. The monoisotopic (exact) mass is 215 g/mol. The van der Waals surface area contributed by atoms with Gasteiger partial charge in [0.05, 0.1) is 6.61 Å². The topological polar surface area (TPSA) is 32.3 Å². The van der Waals surface area contributed by atoms with Crippen molar-refractivity contribution in [3.05, 3.63) is 35.4 Å². The summed E-state index contributed by atoms with van der Waals surface area (Å²) < 4.78 is 25.7. The molecule has 0 bridgehead atoms. The van der Waals surface area contributed by atoms with E-state index in [1.807, 2.05) is 6.92 Å². The van der Waals surface area contributed by atoms with Crippen LogP contribution in [0.2, 0.25) is 0 Å². The van der Waals surface area contributed by atoms with Crippen molar-refractivity contribution in [1.82, 2.24) is 5.32 Å². The van der Waals surface area contributed by atoms with Gasteiger partial charge < -0.3 is 10.4 Å². The number of nitrogens with one attached hydrogen (secondary N) is 1. The molecule has 1 atom stereocenters. The van der Waals surface area contributed by atoms with Crippen molar-refractivity contribution in [3.8, 4) is 0 Å². The zero-order valence-electron chi connectivity index (χ0n) is 8.63. The van der Waals surface area contributed by atoms with E-state index in [4.69, 9.17) is 5.11 Å². The first kappa shape index (κ1) is 12.1. The van der Waals surface area contributed by atoms with Gasteiger partial charge in [0.15, 0.2) is 0 Å². The molecule has 0 heterocycles. The summed E-state index contributed by atoms with van der Waals surface area (Å²) in [5, 5.41) is 11.9. The lowest BCUT2D eigenvalue weighted by Crippen LogP contribution is -2.31. The largest absolute Gasteiger partial charge is 0.395 e. The Balaban J connectivity index is 2.57. The van der Waals surface area contributed by atoms with Gasteiger partial charge in [-0.1, -0.05) is 13.0 Å². The van der Waals surface area contributed by atoms with E-state index >= 15 is 0 Å². The fraction of sp³-hybridized carbons (Fsp3) is 0.455. The third-order valence-corrected chi connectivity index (χ3v) is 2.31. The van der Waals surface area contributed by atoms with Crippen molar-refractivity contribution < 1.29 is 13.9 Å². The van der Waals surface area contributed by atoms with Gasteiger partial charge in [0.25, 0.3) is 0 Å². The number of rotatable bonds is 5. The van der Waals surface area contributed by atoms with Crippen molar-refractivity contribution in [2.75, 3.05) is 6.61 Å². The molecule has 1 aromatic rings. The lowest BCUT2D eigenvalue weighted by molar-refractivity contribution is 0.238. The molecule has 1 aromatic carbocycles. The number of aliphatic hydroxyl groups excluding tert-OH is 1. The summed E-state index contributed by atoms with van der Waals surface area (Å²) in [4.78, 5) is 0. The Hall–Kier alpha value is -1.00. The summed E-state index contributed by atoms with van der Waals surface area (Å²) in [6, 6.07) is 3.44. The Morgan fingerprint density at radius 3 is 2.67 bits per heavy atom. The Bertz CT molecular complexity index is 313. The minimum atomic E-state index is -0.578. The number of hydrogen-bond donors (Lipinski definition) is 2. The van der Waals surface area contributed by atoms with Crippen LogP contribution < -0.4 is 5.32 Å². The van der Waals surface area contributed by atoms with E-state index in [1.165, 1.54) is 12.1 Å². The molecule has 0 saturated heterocycles. The third kappa shape index (κ3) is 3.57. The van der Waals surface area contributed by atoms with Gasteiger partial charge in [-0.15, -0.1) is 0 Å². The minimum absolute atomic E-state index is 0.0132. The minimum Gasteiger partial charge on any atom is -0.395 e. The summed E-state index contributed by atoms with van der Waals surface area (Å²) in [7, 11) is 0. The van der Waals surface area contributed by atoms with Crippen LogP contribution in [0.25, 0.3) is 0 Å². The molecule has 0 aliphatic heterocycles. The molecule has 0 fully saturated rings. The van der Waals surface area contributed by atoms with Crippen LogP contribution in [0.5, 0.6) is 0 Å². The summed E-state index contributed by atoms with van der Waals surface area (Å²) in [5.41, 5.74) is 0.406. The normalized spacial score (nSPS) is 12.8. The summed E-state index contributed by atoms with van der Waals surface area (Å²) in [6.45, 7) is 2.24. The Morgan fingerprint density at radius 1 is 1.40 bits per heavy atom. The van der Waals surface area contributed by atoms with Crippen LogP contribution in [0.15, 0.2) is 18.2 Å². The molecule has 2 N–H and O–H groups in total. The standard InChI is InChI=1S/C11H15F2NO/c1-2-10(7-15)14-6-8-3-4-9(12)5-11(8)13/h3-5,10,14-15H,2,6-7H2,1H3. The van der Waals surface area contributed by atoms with E-state index in [0.717, 1.165) is 12.5 Å². The van der Waals surface area contributed by atoms with Gasteiger partial charge in [0.2, 0.25) is 0 Å². The Kier molecular flexibility index (Phi) is 4.65. The molecule has 0 aliphatic carbocycles. The van der Waals surface area contributed by atoms with Gasteiger partial charge in [-0.3, -0.25) is 0 Å². The van der Waals surface area contributed by atoms with E-state index in [-0.39, 0.29) is 12.6 Å². The van der Waals surface area contributed by atoms with E-state index in [1.54, 1.807) is 0 Å². The van der Waals surface area contributed by atoms with Crippen LogP contribution in [0.3, 0.4) is 0 Å². The summed E-state index contributed by atoms with van der Waals surface area (Å²) >= 11 is 0. The molecule has 4 heteroatoms. The van der Waals surface area contributed by atoms with Crippen LogP contribution in [0.4, 0.5) is 8.78 Å². The van der Waals surface area contributed by atoms with E-state index in [9.17, 15) is 8.78 Å². The van der Waals surface area contributed by atoms with Crippen molar-refractivity contribution in [2.24, 2.45) is 0 Å². The van der Waals surface area contributed by atoms with Gasteiger partial charge in [0, 0.05) is 24.2 Å². The maximum atomic E-state index is 13.2. The molecule has 0 saturated carbocycles. The maximum Gasteiger partial charge on any atom is 0.130 e. The van der Waals surface area contributed by atoms with Crippen molar-refractivity contribution in [3.63, 3.8) is 0 Å². The third-order valence-electron chi connectivity index (χ3n) is 2.31. The van der Waals surface area contributed by atoms with Gasteiger partial charge in [-0.25, -0.2) is 8.78 Å². The molecular weight excluding hydrogens is 200 g/mol. The predicted molar refractivity (Wildman–Crippen MR) is 54.4 cm³/mol. The highest BCUT2D eigenvalue weighted by Gasteiger charge is 2.07. The molecule has 84 valence electrons. The first-order chi connectivity index (χ1) is 7.17. The Labute approximate surface area is 87.9 Å². The number of hydrogen-bond acceptors (Lipinski definition) is 2. The predicted octanol–water partition coefficient (Wildman–Crippen LogP) is 1.83. The number of halogens is 2. The molecule has 0 aliphatic rings. The quantitative estimate of drug-likeness (QED) is 0.785.